The van der Waals surface area contributed by atoms with Crippen LogP contribution in [0.3, 0.4) is 0 Å². The van der Waals surface area contributed by atoms with Crippen LogP contribution in [0.5, 0.6) is 0 Å². The maximum atomic E-state index is 13.5. The molecule has 250 valence electrons. The van der Waals surface area contributed by atoms with Gasteiger partial charge in [0.2, 0.25) is 5.28 Å². The summed E-state index contributed by atoms with van der Waals surface area (Å²) in [5.74, 6) is -0.573. The molecule has 1 heterocycles. The second-order valence-corrected chi connectivity index (χ2v) is 12.7. The molecule has 46 heavy (non-hydrogen) atoms. The predicted molar refractivity (Wildman–Crippen MR) is 155 cm³/mol. The lowest BCUT2D eigenvalue weighted by atomic mass is 9.97. The molecule has 1 amide bonds. The number of amides is 1. The van der Waals surface area contributed by atoms with Crippen LogP contribution < -0.4 is 4.72 Å². The third kappa shape index (κ3) is 9.56. The highest BCUT2D eigenvalue weighted by Gasteiger charge is 2.35. The Morgan fingerprint density at radius 3 is 2.28 bits per heavy atom. The van der Waals surface area contributed by atoms with Crippen LogP contribution in [-0.2, 0) is 35.3 Å². The fourth-order valence-electron chi connectivity index (χ4n) is 3.49. The van der Waals surface area contributed by atoms with E-state index < -0.39 is 52.3 Å². The monoisotopic (exact) mass is 670 g/mol. The zero-order valence-corrected chi connectivity index (χ0v) is 26.5. The van der Waals surface area contributed by atoms with Gasteiger partial charge in [0.15, 0.2) is 5.69 Å². The van der Waals surface area contributed by atoms with Crippen molar-refractivity contribution in [2.45, 2.75) is 52.0 Å². The molecule has 1 aromatic heterocycles. The summed E-state index contributed by atoms with van der Waals surface area (Å²) in [7, 11) is -3.18. The van der Waals surface area contributed by atoms with Crippen molar-refractivity contribution in [1.82, 2.24) is 19.5 Å². The van der Waals surface area contributed by atoms with Crippen molar-refractivity contribution in [3.05, 3.63) is 71.1 Å². The molecule has 3 rings (SSSR count). The van der Waals surface area contributed by atoms with Gasteiger partial charge in [-0.3, -0.25) is 9.63 Å². The number of nitrogens with one attached hydrogen (secondary N) is 1. The number of hydrogen-bond acceptors (Lipinski definition) is 10. The lowest BCUT2D eigenvalue weighted by Gasteiger charge is -2.19. The van der Waals surface area contributed by atoms with Gasteiger partial charge in [0, 0.05) is 12.5 Å². The van der Waals surface area contributed by atoms with Gasteiger partial charge in [0.25, 0.3) is 16.3 Å². The summed E-state index contributed by atoms with van der Waals surface area (Å²) in [6, 6.07) is 12.3. The zero-order chi connectivity index (χ0) is 34.4. The van der Waals surface area contributed by atoms with Crippen molar-refractivity contribution in [3.63, 3.8) is 0 Å². The smallest absolute Gasteiger partial charge is 0.435 e. The van der Waals surface area contributed by atoms with Crippen LogP contribution in [0.15, 0.2) is 64.8 Å². The number of halogens is 3. The molecular weight excluding hydrogens is 637 g/mol. The minimum Gasteiger partial charge on any atom is -0.569 e. The molecule has 0 bridgehead atoms. The van der Waals surface area contributed by atoms with E-state index in [1.54, 1.807) is 49.8 Å². The van der Waals surface area contributed by atoms with E-state index in [0.717, 1.165) is 33.5 Å². The number of benzene rings is 2. The number of hydrogen-bond donors (Lipinski definition) is 1. The van der Waals surface area contributed by atoms with Crippen molar-refractivity contribution >= 4 is 22.1 Å². The molecule has 0 saturated heterocycles. The maximum absolute atomic E-state index is 13.5. The first-order valence-electron chi connectivity index (χ1n) is 13.6. The van der Waals surface area contributed by atoms with E-state index in [-0.39, 0.29) is 27.8 Å². The topological polar surface area (TPSA) is 167 Å². The van der Waals surface area contributed by atoms with Gasteiger partial charge in [-0.05, 0) is 58.0 Å². The lowest BCUT2D eigenvalue weighted by Crippen LogP contribution is -2.35. The Labute approximate surface area is 262 Å². The van der Waals surface area contributed by atoms with Crippen LogP contribution in [0, 0.1) is 17.5 Å². The minimum absolute atomic E-state index is 0.00248. The summed E-state index contributed by atoms with van der Waals surface area (Å²) in [5.41, 5.74) is -0.307. The number of nitrogens with zero attached hydrogens (tertiary/aromatic N) is 5. The van der Waals surface area contributed by atoms with Crippen LogP contribution in [0.25, 0.3) is 16.9 Å². The van der Waals surface area contributed by atoms with Gasteiger partial charge in [0.05, 0.1) is 33.7 Å². The number of ether oxygens (including phenoxy) is 2. The van der Waals surface area contributed by atoms with E-state index in [4.69, 9.17) is 14.3 Å². The molecule has 1 unspecified atom stereocenters. The fraction of sp³-hybridized carbons (Fsp3) is 0.393. The molecule has 0 saturated carbocycles. The summed E-state index contributed by atoms with van der Waals surface area (Å²) >= 11 is 0. The molecule has 0 aliphatic carbocycles. The highest BCUT2D eigenvalue weighted by Crippen LogP contribution is 2.33. The number of alkyl halides is 3. The fourth-order valence-corrected chi connectivity index (χ4v) is 4.38. The number of likely N-dealkylation sites (N-methyl/N-ethyl adjacent to an activating group) is 1. The van der Waals surface area contributed by atoms with Gasteiger partial charge in [-0.15, -0.1) is 5.01 Å². The van der Waals surface area contributed by atoms with Gasteiger partial charge >= 0.3 is 18.2 Å². The number of rotatable bonds is 11. The number of carbonyl (C=O) groups is 2. The van der Waals surface area contributed by atoms with Crippen molar-refractivity contribution in [2.24, 2.45) is 10.7 Å². The molecule has 1 N–H and O–H groups in total. The van der Waals surface area contributed by atoms with E-state index in [2.05, 4.69) is 10.4 Å². The Bertz CT molecular complexity index is 1670. The van der Waals surface area contributed by atoms with Gasteiger partial charge in [-0.2, -0.15) is 18.3 Å². The molecule has 0 radical (unpaired) electrons. The first-order valence-corrected chi connectivity index (χ1v) is 15.1. The normalized spacial score (nSPS) is 13.1. The summed E-state index contributed by atoms with van der Waals surface area (Å²) in [4.78, 5) is 28.4. The van der Waals surface area contributed by atoms with Crippen LogP contribution >= 0.6 is 0 Å². The molecule has 2 aromatic carbocycles. The Morgan fingerprint density at radius 1 is 1.11 bits per heavy atom. The molecule has 18 heteroatoms. The van der Waals surface area contributed by atoms with Crippen molar-refractivity contribution < 1.29 is 50.5 Å². The average Bonchev–Trinajstić information content (AvgIpc) is 3.42. The molecule has 1 atom stereocenters. The largest absolute Gasteiger partial charge is 0.569 e. The Kier molecular flexibility index (Phi) is 10.9. The van der Waals surface area contributed by atoms with Gasteiger partial charge in [-0.25, -0.2) is 22.6 Å². The third-order valence-electron chi connectivity index (χ3n) is 6.05. The molecule has 0 aliphatic rings. The number of aromatic nitrogens is 2. The number of hydrazine groups is 1. The summed E-state index contributed by atoms with van der Waals surface area (Å²) in [5, 5.41) is 19.8. The number of carbonyl (C=O) groups excluding carboxylic acids is 2. The van der Waals surface area contributed by atoms with Crippen molar-refractivity contribution in [1.29, 1.82) is 0 Å². The Morgan fingerprint density at radius 2 is 1.72 bits per heavy atom. The van der Waals surface area contributed by atoms with Crippen LogP contribution in [0.2, 0.25) is 0 Å². The highest BCUT2D eigenvalue weighted by molar-refractivity contribution is 7.90. The number of esters is 1. The summed E-state index contributed by atoms with van der Waals surface area (Å²) < 4.78 is 78.4. The van der Waals surface area contributed by atoms with Crippen molar-refractivity contribution in [3.8, 4) is 16.9 Å². The first-order chi connectivity index (χ1) is 21.3. The quantitative estimate of drug-likeness (QED) is 0.0968. The molecule has 0 fully saturated rings. The number of sulfonamides is 1. The van der Waals surface area contributed by atoms with Gasteiger partial charge in [0.1, 0.15) is 13.2 Å². The van der Waals surface area contributed by atoms with E-state index in [1.807, 2.05) is 6.92 Å². The Hall–Kier alpha value is -4.87. The second-order valence-electron chi connectivity index (χ2n) is 11.0. The van der Waals surface area contributed by atoms with Gasteiger partial charge in [-0.1, -0.05) is 29.8 Å². The zero-order valence-electron chi connectivity index (χ0n) is 25.7. The molecular formula is C28H33F3N6O8S. The lowest BCUT2D eigenvalue weighted by molar-refractivity contribution is -0.707. The van der Waals surface area contributed by atoms with E-state index in [9.17, 15) is 36.4 Å². The molecule has 14 nitrogen and oxygen atoms in total. The molecule has 0 spiro atoms. The SMILES string of the molecule is Cc1ccc(-c2cc(C(F)(F)F)nn2-c2ccc(S(=O)(=O)NC(=O)OCCN(C)/[N+]([O-])=N/OC(C)OC(=O)C(C)(C)C)cc2)cc1. The average molecular weight is 671 g/mol. The molecule has 0 aliphatic heterocycles. The molecule has 3 aromatic rings. The van der Waals surface area contributed by atoms with Crippen molar-refractivity contribution in [2.75, 3.05) is 20.2 Å². The number of aryl methyl sites for hydroxylation is 1. The van der Waals surface area contributed by atoms with Crippen LogP contribution in [-0.4, -0.2) is 66.7 Å². The highest BCUT2D eigenvalue weighted by atomic mass is 32.2. The summed E-state index contributed by atoms with van der Waals surface area (Å²) in [6.45, 7) is 7.40. The second kappa shape index (κ2) is 14.1. The third-order valence-corrected chi connectivity index (χ3v) is 7.38. The summed E-state index contributed by atoms with van der Waals surface area (Å²) in [6.07, 6.45) is -7.23. The maximum Gasteiger partial charge on any atom is 0.435 e. The van der Waals surface area contributed by atoms with E-state index in [1.165, 1.54) is 26.1 Å². The van der Waals surface area contributed by atoms with E-state index >= 15 is 0 Å². The minimum atomic E-state index is -4.72. The van der Waals surface area contributed by atoms with Crippen LogP contribution in [0.1, 0.15) is 39.0 Å². The van der Waals surface area contributed by atoms with E-state index in [0.29, 0.717) is 5.56 Å². The van der Waals surface area contributed by atoms with Crippen LogP contribution in [0.4, 0.5) is 18.0 Å². The predicted octanol–water partition coefficient (Wildman–Crippen LogP) is 4.96. The standard InChI is InChI=1S/C28H33F3N6O8S/c1-18-7-9-20(10-8-18)23-17-24(28(29,30)31)32-36(23)21-11-13-22(14-12-21)46(41,42)33-26(39)43-16-15-35(6)37(40)34-45-19(2)44-25(38)27(3,4)5/h7-14,17,19H,15-16H2,1-6H3,(H,33,39)/b37-34-. The Balaban J connectivity index is 1.60. The van der Waals surface area contributed by atoms with Gasteiger partial charge < -0.3 is 14.7 Å². The first kappa shape index (κ1) is 35.6.